The maximum atomic E-state index is 14.4. The van der Waals surface area contributed by atoms with Crippen molar-refractivity contribution in [1.29, 1.82) is 0 Å². The molecule has 134 valence electrons. The molecule has 1 fully saturated rings. The first-order valence-electron chi connectivity index (χ1n) is 7.98. The second-order valence-electron chi connectivity index (χ2n) is 5.74. The monoisotopic (exact) mass is 356 g/mol. The molecule has 2 heterocycles. The van der Waals surface area contributed by atoms with Crippen LogP contribution in [0.5, 0.6) is 0 Å². The molecule has 3 rings (SSSR count). The van der Waals surface area contributed by atoms with E-state index in [9.17, 15) is 19.1 Å². The zero-order valence-electron chi connectivity index (χ0n) is 14.1. The van der Waals surface area contributed by atoms with Gasteiger partial charge in [0.2, 0.25) is 0 Å². The Morgan fingerprint density at radius 2 is 1.92 bits per heavy atom. The van der Waals surface area contributed by atoms with Gasteiger partial charge in [0.15, 0.2) is 0 Å². The molecule has 2 aromatic rings. The average Bonchev–Trinajstić information content (AvgIpc) is 2.91. The number of benzene rings is 1. The molecular formula is C19H17FN2O4. The van der Waals surface area contributed by atoms with Crippen LogP contribution in [0.3, 0.4) is 0 Å². The van der Waals surface area contributed by atoms with Gasteiger partial charge in [0.05, 0.1) is 18.2 Å². The smallest absolute Gasteiger partial charge is 0.295 e. The van der Waals surface area contributed by atoms with Crippen molar-refractivity contribution < 1.29 is 23.8 Å². The Kier molecular flexibility index (Phi) is 5.09. The van der Waals surface area contributed by atoms with Gasteiger partial charge in [-0.3, -0.25) is 14.6 Å². The van der Waals surface area contributed by atoms with Crippen LogP contribution in [-0.2, 0) is 14.3 Å². The van der Waals surface area contributed by atoms with Crippen molar-refractivity contribution in [3.05, 3.63) is 71.3 Å². The zero-order chi connectivity index (χ0) is 18.7. The second-order valence-corrected chi connectivity index (χ2v) is 5.74. The largest absolute Gasteiger partial charge is 0.507 e. The second kappa shape index (κ2) is 7.45. The minimum absolute atomic E-state index is 0.0905. The molecule has 1 aromatic carbocycles. The highest BCUT2D eigenvalue weighted by molar-refractivity contribution is 6.46. The minimum Gasteiger partial charge on any atom is -0.507 e. The molecule has 26 heavy (non-hydrogen) atoms. The van der Waals surface area contributed by atoms with E-state index in [1.54, 1.807) is 6.07 Å². The summed E-state index contributed by atoms with van der Waals surface area (Å²) in [6.45, 7) is 0.264. The van der Waals surface area contributed by atoms with E-state index in [4.69, 9.17) is 4.74 Å². The van der Waals surface area contributed by atoms with Crippen molar-refractivity contribution in [2.45, 2.75) is 6.04 Å². The first-order chi connectivity index (χ1) is 12.6. The molecule has 0 aliphatic carbocycles. The van der Waals surface area contributed by atoms with Gasteiger partial charge in [-0.25, -0.2) is 4.39 Å². The third-order valence-corrected chi connectivity index (χ3v) is 4.23. The molecule has 1 aliphatic rings. The Balaban J connectivity index is 2.19. The van der Waals surface area contributed by atoms with Crippen molar-refractivity contribution in [3.63, 3.8) is 0 Å². The standard InChI is InChI=1S/C19H17FN2O4/c1-26-11-10-22-16(13-4-2-3-5-14(13)20)15(18(24)19(22)25)17(23)12-6-8-21-9-7-12/h2-9,16,23H,10-11H2,1H3/b17-15-. The fraction of sp³-hybridized carbons (Fsp3) is 0.211. The van der Waals surface area contributed by atoms with E-state index in [1.807, 2.05) is 0 Å². The zero-order valence-corrected chi connectivity index (χ0v) is 14.1. The van der Waals surface area contributed by atoms with E-state index in [0.29, 0.717) is 5.56 Å². The van der Waals surface area contributed by atoms with Crippen molar-refractivity contribution >= 4 is 17.4 Å². The van der Waals surface area contributed by atoms with Crippen LogP contribution < -0.4 is 0 Å². The van der Waals surface area contributed by atoms with E-state index in [0.717, 1.165) is 0 Å². The normalized spacial score (nSPS) is 19.2. The molecule has 1 atom stereocenters. The van der Waals surface area contributed by atoms with Gasteiger partial charge in [-0.05, 0) is 18.2 Å². The van der Waals surface area contributed by atoms with E-state index < -0.39 is 23.5 Å². The predicted octanol–water partition coefficient (Wildman–Crippen LogP) is 2.29. The highest BCUT2D eigenvalue weighted by Crippen LogP contribution is 2.39. The Morgan fingerprint density at radius 1 is 1.23 bits per heavy atom. The first-order valence-corrected chi connectivity index (χ1v) is 7.98. The molecule has 0 radical (unpaired) electrons. The molecule has 1 aliphatic heterocycles. The van der Waals surface area contributed by atoms with Gasteiger partial charge in [0.25, 0.3) is 11.7 Å². The highest BCUT2D eigenvalue weighted by Gasteiger charge is 2.46. The SMILES string of the molecule is COCCN1C(=O)C(=O)/C(=C(\O)c2ccncc2)C1c1ccccc1F. The van der Waals surface area contributed by atoms with Crippen molar-refractivity contribution in [2.75, 3.05) is 20.3 Å². The maximum absolute atomic E-state index is 14.4. The average molecular weight is 356 g/mol. The topological polar surface area (TPSA) is 79.7 Å². The third-order valence-electron chi connectivity index (χ3n) is 4.23. The van der Waals surface area contributed by atoms with E-state index in [1.165, 1.54) is 54.7 Å². The van der Waals surface area contributed by atoms with Gasteiger partial charge in [-0.1, -0.05) is 18.2 Å². The fourth-order valence-electron chi connectivity index (χ4n) is 2.99. The predicted molar refractivity (Wildman–Crippen MR) is 91.5 cm³/mol. The molecule has 7 heteroatoms. The van der Waals surface area contributed by atoms with Crippen molar-refractivity contribution in [3.8, 4) is 0 Å². The summed E-state index contributed by atoms with van der Waals surface area (Å²) >= 11 is 0. The lowest BCUT2D eigenvalue weighted by atomic mass is 9.95. The number of nitrogens with zero attached hydrogens (tertiary/aromatic N) is 2. The molecule has 6 nitrogen and oxygen atoms in total. The quantitative estimate of drug-likeness (QED) is 0.505. The molecule has 0 bridgehead atoms. The number of hydrogen-bond acceptors (Lipinski definition) is 5. The number of ether oxygens (including phenoxy) is 1. The summed E-state index contributed by atoms with van der Waals surface area (Å²) < 4.78 is 19.4. The van der Waals surface area contributed by atoms with Crippen LogP contribution in [0.15, 0.2) is 54.4 Å². The van der Waals surface area contributed by atoms with Gasteiger partial charge in [0, 0.05) is 37.2 Å². The van der Waals surface area contributed by atoms with Gasteiger partial charge in [-0.2, -0.15) is 0 Å². The molecule has 1 amide bonds. The number of hydrogen-bond donors (Lipinski definition) is 1. The number of aliphatic hydroxyl groups excluding tert-OH is 1. The summed E-state index contributed by atoms with van der Waals surface area (Å²) in [5, 5.41) is 10.7. The number of aromatic nitrogens is 1. The fourth-order valence-corrected chi connectivity index (χ4v) is 2.99. The van der Waals surface area contributed by atoms with Gasteiger partial charge in [-0.15, -0.1) is 0 Å². The van der Waals surface area contributed by atoms with Crippen molar-refractivity contribution in [1.82, 2.24) is 9.88 Å². The summed E-state index contributed by atoms with van der Waals surface area (Å²) in [5.41, 5.74) is 0.312. The van der Waals surface area contributed by atoms with Crippen LogP contribution in [0.2, 0.25) is 0 Å². The van der Waals surface area contributed by atoms with Gasteiger partial charge >= 0.3 is 0 Å². The first kappa shape index (κ1) is 17.8. The van der Waals surface area contributed by atoms with Crippen LogP contribution >= 0.6 is 0 Å². The maximum Gasteiger partial charge on any atom is 0.295 e. The summed E-state index contributed by atoms with van der Waals surface area (Å²) in [7, 11) is 1.46. The van der Waals surface area contributed by atoms with E-state index in [-0.39, 0.29) is 30.0 Å². The molecular weight excluding hydrogens is 339 g/mol. The van der Waals surface area contributed by atoms with Crippen LogP contribution in [0.1, 0.15) is 17.2 Å². The molecule has 1 N–H and O–H groups in total. The molecule has 0 spiro atoms. The van der Waals surface area contributed by atoms with Gasteiger partial charge < -0.3 is 14.7 Å². The Hall–Kier alpha value is -3.06. The lowest BCUT2D eigenvalue weighted by Crippen LogP contribution is -2.33. The van der Waals surface area contributed by atoms with Crippen LogP contribution in [0.25, 0.3) is 5.76 Å². The van der Waals surface area contributed by atoms with Crippen molar-refractivity contribution in [2.24, 2.45) is 0 Å². The lowest BCUT2D eigenvalue weighted by Gasteiger charge is -2.25. The summed E-state index contributed by atoms with van der Waals surface area (Å²) in [6, 6.07) is 7.86. The number of likely N-dealkylation sites (tertiary alicyclic amines) is 1. The third kappa shape index (κ3) is 3.09. The number of Topliss-reactive ketones (excluding diaryl/α,β-unsaturated/α-hetero) is 1. The Labute approximate surface area is 149 Å². The Bertz CT molecular complexity index is 867. The number of amides is 1. The minimum atomic E-state index is -1.03. The number of pyridine rings is 1. The Morgan fingerprint density at radius 3 is 2.58 bits per heavy atom. The summed E-state index contributed by atoms with van der Waals surface area (Å²) in [6.07, 6.45) is 2.91. The van der Waals surface area contributed by atoms with E-state index >= 15 is 0 Å². The number of rotatable bonds is 5. The highest BCUT2D eigenvalue weighted by atomic mass is 19.1. The molecule has 1 aromatic heterocycles. The van der Waals surface area contributed by atoms with Crippen LogP contribution in [0.4, 0.5) is 4.39 Å². The number of halogens is 1. The number of carbonyl (C=O) groups is 2. The summed E-state index contributed by atoms with van der Waals surface area (Å²) in [5.74, 6) is -2.59. The lowest BCUT2D eigenvalue weighted by molar-refractivity contribution is -0.140. The molecule has 1 saturated heterocycles. The number of carbonyl (C=O) groups excluding carboxylic acids is 2. The van der Waals surface area contributed by atoms with Crippen LogP contribution in [0, 0.1) is 5.82 Å². The summed E-state index contributed by atoms with van der Waals surface area (Å²) in [4.78, 5) is 30.2. The van der Waals surface area contributed by atoms with E-state index in [2.05, 4.69) is 4.98 Å². The molecule has 0 saturated carbocycles. The number of aliphatic hydroxyl groups is 1. The number of ketones is 1. The number of methoxy groups -OCH3 is 1. The van der Waals surface area contributed by atoms with Crippen LogP contribution in [-0.4, -0.2) is 46.9 Å². The van der Waals surface area contributed by atoms with Gasteiger partial charge in [0.1, 0.15) is 11.6 Å². The molecule has 1 unspecified atom stereocenters.